The Morgan fingerprint density at radius 3 is 2.95 bits per heavy atom. The highest BCUT2D eigenvalue weighted by Gasteiger charge is 2.25. The molecule has 0 aliphatic carbocycles. The first kappa shape index (κ1) is 15.4. The molecule has 112 valence electrons. The van der Waals surface area contributed by atoms with Crippen molar-refractivity contribution in [1.29, 1.82) is 0 Å². The summed E-state index contributed by atoms with van der Waals surface area (Å²) in [6.45, 7) is 12.5. The lowest BCUT2D eigenvalue weighted by atomic mass is 10.2. The van der Waals surface area contributed by atoms with Gasteiger partial charge in [-0.2, -0.15) is 0 Å². The number of hydrogen-bond donors (Lipinski definition) is 1. The Labute approximate surface area is 123 Å². The Hall–Kier alpha value is -0.970. The number of rotatable bonds is 8. The van der Waals surface area contributed by atoms with E-state index in [1.807, 2.05) is 18.5 Å². The summed E-state index contributed by atoms with van der Waals surface area (Å²) < 4.78 is 0. The molecule has 1 fully saturated rings. The molecule has 4 nitrogen and oxygen atoms in total. The van der Waals surface area contributed by atoms with Crippen LogP contribution in [0.1, 0.15) is 25.8 Å². The van der Waals surface area contributed by atoms with Gasteiger partial charge in [-0.25, -0.2) is 0 Å². The van der Waals surface area contributed by atoms with Gasteiger partial charge in [-0.05, 0) is 37.7 Å². The molecule has 0 amide bonds. The SMILES string of the molecule is CCN(CC)C1CCN(CCNCc2cccnc2)C1. The van der Waals surface area contributed by atoms with Crippen molar-refractivity contribution in [2.75, 3.05) is 39.3 Å². The largest absolute Gasteiger partial charge is 0.311 e. The average molecular weight is 276 g/mol. The van der Waals surface area contributed by atoms with Crippen LogP contribution in [-0.4, -0.2) is 60.1 Å². The Balaban J connectivity index is 1.61. The van der Waals surface area contributed by atoms with Crippen molar-refractivity contribution in [3.8, 4) is 0 Å². The maximum atomic E-state index is 4.13. The molecule has 0 bridgehead atoms. The highest BCUT2D eigenvalue weighted by Crippen LogP contribution is 2.14. The van der Waals surface area contributed by atoms with Crippen molar-refractivity contribution in [2.24, 2.45) is 0 Å². The Kier molecular flexibility index (Phi) is 6.43. The van der Waals surface area contributed by atoms with E-state index < -0.39 is 0 Å². The Morgan fingerprint density at radius 2 is 2.25 bits per heavy atom. The predicted octanol–water partition coefficient (Wildman–Crippen LogP) is 1.59. The molecule has 0 spiro atoms. The molecular formula is C16H28N4. The topological polar surface area (TPSA) is 31.4 Å². The minimum Gasteiger partial charge on any atom is -0.311 e. The van der Waals surface area contributed by atoms with E-state index in [0.717, 1.165) is 25.7 Å². The molecule has 1 atom stereocenters. The molecule has 0 radical (unpaired) electrons. The zero-order chi connectivity index (χ0) is 14.2. The third-order valence-corrected chi connectivity index (χ3v) is 4.23. The quantitative estimate of drug-likeness (QED) is 0.731. The summed E-state index contributed by atoms with van der Waals surface area (Å²) in [7, 11) is 0. The second-order valence-corrected chi connectivity index (χ2v) is 5.50. The monoisotopic (exact) mass is 276 g/mol. The molecule has 1 unspecified atom stereocenters. The number of likely N-dealkylation sites (N-methyl/N-ethyl adjacent to an activating group) is 1. The summed E-state index contributed by atoms with van der Waals surface area (Å²) in [6, 6.07) is 4.88. The average Bonchev–Trinajstić information content (AvgIpc) is 2.95. The van der Waals surface area contributed by atoms with Gasteiger partial charge in [0, 0.05) is 44.6 Å². The molecule has 1 saturated heterocycles. The molecule has 1 N–H and O–H groups in total. The fourth-order valence-electron chi connectivity index (χ4n) is 3.03. The van der Waals surface area contributed by atoms with E-state index in [4.69, 9.17) is 0 Å². The molecule has 2 rings (SSSR count). The number of hydrogen-bond acceptors (Lipinski definition) is 4. The highest BCUT2D eigenvalue weighted by molar-refractivity contribution is 5.07. The van der Waals surface area contributed by atoms with Gasteiger partial charge in [-0.3, -0.25) is 9.88 Å². The summed E-state index contributed by atoms with van der Waals surface area (Å²) >= 11 is 0. The van der Waals surface area contributed by atoms with E-state index in [0.29, 0.717) is 0 Å². The summed E-state index contributed by atoms with van der Waals surface area (Å²) in [5.41, 5.74) is 1.26. The molecule has 4 heteroatoms. The van der Waals surface area contributed by atoms with E-state index in [-0.39, 0.29) is 0 Å². The second kappa shape index (κ2) is 8.35. The zero-order valence-electron chi connectivity index (χ0n) is 12.9. The van der Waals surface area contributed by atoms with Crippen LogP contribution in [-0.2, 0) is 6.54 Å². The molecule has 1 aliphatic rings. The van der Waals surface area contributed by atoms with Gasteiger partial charge in [-0.15, -0.1) is 0 Å². The number of aromatic nitrogens is 1. The number of likely N-dealkylation sites (tertiary alicyclic amines) is 1. The zero-order valence-corrected chi connectivity index (χ0v) is 12.9. The standard InChI is InChI=1S/C16H28N4/c1-3-20(4-2)16-7-10-19(14-16)11-9-18-13-15-6-5-8-17-12-15/h5-6,8,12,16,18H,3-4,7,9-11,13-14H2,1-2H3. The van der Waals surface area contributed by atoms with E-state index in [1.165, 1.54) is 38.2 Å². The maximum Gasteiger partial charge on any atom is 0.0312 e. The lowest BCUT2D eigenvalue weighted by molar-refractivity contribution is 0.211. The van der Waals surface area contributed by atoms with Gasteiger partial charge in [-0.1, -0.05) is 19.9 Å². The normalized spacial score (nSPS) is 19.9. The van der Waals surface area contributed by atoms with Crippen LogP contribution in [0.15, 0.2) is 24.5 Å². The Bertz CT molecular complexity index is 364. The second-order valence-electron chi connectivity index (χ2n) is 5.50. The molecule has 2 heterocycles. The lowest BCUT2D eigenvalue weighted by Gasteiger charge is -2.26. The van der Waals surface area contributed by atoms with Gasteiger partial charge in [0.15, 0.2) is 0 Å². The van der Waals surface area contributed by atoms with Gasteiger partial charge in [0.2, 0.25) is 0 Å². The first-order chi connectivity index (χ1) is 9.83. The minimum atomic E-state index is 0.767. The fourth-order valence-corrected chi connectivity index (χ4v) is 3.03. The van der Waals surface area contributed by atoms with Crippen molar-refractivity contribution in [3.05, 3.63) is 30.1 Å². The molecule has 0 aromatic carbocycles. The molecular weight excluding hydrogens is 248 g/mol. The predicted molar refractivity (Wildman–Crippen MR) is 83.7 cm³/mol. The molecule has 1 aromatic rings. The van der Waals surface area contributed by atoms with Gasteiger partial charge < -0.3 is 10.2 Å². The molecule has 20 heavy (non-hydrogen) atoms. The fraction of sp³-hybridized carbons (Fsp3) is 0.688. The lowest BCUT2D eigenvalue weighted by Crippen LogP contribution is -2.38. The van der Waals surface area contributed by atoms with Crippen molar-refractivity contribution >= 4 is 0 Å². The first-order valence-corrected chi connectivity index (χ1v) is 7.89. The third-order valence-electron chi connectivity index (χ3n) is 4.23. The van der Waals surface area contributed by atoms with Crippen LogP contribution in [0.25, 0.3) is 0 Å². The molecule has 1 aliphatic heterocycles. The van der Waals surface area contributed by atoms with Crippen molar-refractivity contribution in [1.82, 2.24) is 20.1 Å². The van der Waals surface area contributed by atoms with Gasteiger partial charge in [0.25, 0.3) is 0 Å². The first-order valence-electron chi connectivity index (χ1n) is 7.89. The Morgan fingerprint density at radius 1 is 1.40 bits per heavy atom. The van der Waals surface area contributed by atoms with Crippen LogP contribution in [0.3, 0.4) is 0 Å². The summed E-state index contributed by atoms with van der Waals surface area (Å²) in [5, 5.41) is 3.51. The maximum absolute atomic E-state index is 4.13. The van der Waals surface area contributed by atoms with Crippen molar-refractivity contribution < 1.29 is 0 Å². The van der Waals surface area contributed by atoms with Crippen LogP contribution in [0, 0.1) is 0 Å². The number of nitrogens with one attached hydrogen (secondary N) is 1. The van der Waals surface area contributed by atoms with Crippen LogP contribution >= 0.6 is 0 Å². The molecule has 1 aromatic heterocycles. The van der Waals surface area contributed by atoms with Gasteiger partial charge >= 0.3 is 0 Å². The van der Waals surface area contributed by atoms with E-state index in [1.54, 1.807) is 0 Å². The van der Waals surface area contributed by atoms with Crippen LogP contribution in [0.2, 0.25) is 0 Å². The molecule has 0 saturated carbocycles. The van der Waals surface area contributed by atoms with E-state index in [9.17, 15) is 0 Å². The minimum absolute atomic E-state index is 0.767. The van der Waals surface area contributed by atoms with Crippen LogP contribution in [0.5, 0.6) is 0 Å². The van der Waals surface area contributed by atoms with Crippen LogP contribution in [0.4, 0.5) is 0 Å². The van der Waals surface area contributed by atoms with E-state index >= 15 is 0 Å². The highest BCUT2D eigenvalue weighted by atomic mass is 15.3. The summed E-state index contributed by atoms with van der Waals surface area (Å²) in [5.74, 6) is 0. The number of pyridine rings is 1. The van der Waals surface area contributed by atoms with Gasteiger partial charge in [0.05, 0.1) is 0 Å². The van der Waals surface area contributed by atoms with Gasteiger partial charge in [0.1, 0.15) is 0 Å². The summed E-state index contributed by atoms with van der Waals surface area (Å²) in [4.78, 5) is 9.30. The van der Waals surface area contributed by atoms with Crippen molar-refractivity contribution in [3.63, 3.8) is 0 Å². The van der Waals surface area contributed by atoms with E-state index in [2.05, 4.69) is 40.0 Å². The van der Waals surface area contributed by atoms with Crippen molar-refractivity contribution in [2.45, 2.75) is 32.9 Å². The number of nitrogens with zero attached hydrogens (tertiary/aromatic N) is 3. The third kappa shape index (κ3) is 4.54. The smallest absolute Gasteiger partial charge is 0.0312 e. The van der Waals surface area contributed by atoms with Crippen LogP contribution < -0.4 is 5.32 Å². The summed E-state index contributed by atoms with van der Waals surface area (Å²) in [6.07, 6.45) is 5.07.